The molecule has 0 heterocycles. The second-order valence-corrected chi connectivity index (χ2v) is 6.36. The summed E-state index contributed by atoms with van der Waals surface area (Å²) in [6, 6.07) is 11.0. The third-order valence-corrected chi connectivity index (χ3v) is 4.64. The van der Waals surface area contributed by atoms with E-state index in [-0.39, 0.29) is 16.1 Å². The van der Waals surface area contributed by atoms with Gasteiger partial charge in [-0.1, -0.05) is 24.3 Å². The highest BCUT2D eigenvalue weighted by molar-refractivity contribution is 7.92. The number of aromatic carboxylic acids is 1. The summed E-state index contributed by atoms with van der Waals surface area (Å²) in [6.45, 7) is 3.36. The molecule has 2 aromatic carbocycles. The lowest BCUT2D eigenvalue weighted by Crippen LogP contribution is -2.14. The monoisotopic (exact) mass is 305 g/mol. The van der Waals surface area contributed by atoms with Gasteiger partial charge in [-0.15, -0.1) is 0 Å². The van der Waals surface area contributed by atoms with Gasteiger partial charge in [-0.2, -0.15) is 0 Å². The molecule has 0 unspecified atom stereocenters. The van der Waals surface area contributed by atoms with Crippen molar-refractivity contribution in [1.29, 1.82) is 0 Å². The number of aryl methyl sites for hydroxylation is 2. The Morgan fingerprint density at radius 3 is 2.33 bits per heavy atom. The number of carboxylic acid groups (broad SMARTS) is 1. The predicted molar refractivity (Wildman–Crippen MR) is 80.1 cm³/mol. The first-order valence-corrected chi connectivity index (χ1v) is 7.72. The van der Waals surface area contributed by atoms with Crippen LogP contribution in [0.15, 0.2) is 47.4 Å². The van der Waals surface area contributed by atoms with Crippen LogP contribution in [0.1, 0.15) is 21.5 Å². The van der Waals surface area contributed by atoms with Crippen LogP contribution in [0.4, 0.5) is 5.69 Å². The van der Waals surface area contributed by atoms with Gasteiger partial charge in [-0.25, -0.2) is 13.2 Å². The molecule has 2 rings (SSSR count). The molecule has 21 heavy (non-hydrogen) atoms. The topological polar surface area (TPSA) is 83.5 Å². The number of nitrogens with one attached hydrogen (secondary N) is 1. The molecule has 0 aliphatic heterocycles. The van der Waals surface area contributed by atoms with E-state index in [2.05, 4.69) is 4.72 Å². The third kappa shape index (κ3) is 3.22. The van der Waals surface area contributed by atoms with Crippen molar-refractivity contribution in [2.75, 3.05) is 4.72 Å². The molecule has 0 bridgehead atoms. The van der Waals surface area contributed by atoms with E-state index in [1.807, 2.05) is 0 Å². The Morgan fingerprint density at radius 2 is 1.71 bits per heavy atom. The van der Waals surface area contributed by atoms with Crippen molar-refractivity contribution in [3.63, 3.8) is 0 Å². The Labute approximate surface area is 123 Å². The van der Waals surface area contributed by atoms with E-state index < -0.39 is 16.0 Å². The van der Waals surface area contributed by atoms with E-state index >= 15 is 0 Å². The minimum atomic E-state index is -3.74. The van der Waals surface area contributed by atoms with Crippen molar-refractivity contribution in [3.8, 4) is 0 Å². The van der Waals surface area contributed by atoms with Crippen molar-refractivity contribution in [1.82, 2.24) is 0 Å². The average molecular weight is 305 g/mol. The highest BCUT2D eigenvalue weighted by Crippen LogP contribution is 2.21. The van der Waals surface area contributed by atoms with E-state index in [1.54, 1.807) is 38.1 Å². The van der Waals surface area contributed by atoms with Gasteiger partial charge in [0.15, 0.2) is 0 Å². The van der Waals surface area contributed by atoms with Gasteiger partial charge in [0.05, 0.1) is 10.5 Å². The molecule has 0 aliphatic carbocycles. The third-order valence-electron chi connectivity index (χ3n) is 3.10. The first-order chi connectivity index (χ1) is 9.81. The van der Waals surface area contributed by atoms with Crippen LogP contribution in [-0.4, -0.2) is 19.5 Å². The van der Waals surface area contributed by atoms with Crippen LogP contribution in [0, 0.1) is 13.8 Å². The Bertz CT molecular complexity index is 797. The van der Waals surface area contributed by atoms with Crippen molar-refractivity contribution in [2.45, 2.75) is 18.7 Å². The molecule has 0 saturated heterocycles. The van der Waals surface area contributed by atoms with E-state index in [9.17, 15) is 13.2 Å². The Balaban J connectivity index is 2.40. The number of hydrogen-bond acceptors (Lipinski definition) is 3. The Kier molecular flexibility index (Phi) is 3.99. The van der Waals surface area contributed by atoms with Gasteiger partial charge in [0.25, 0.3) is 10.0 Å². The summed E-state index contributed by atoms with van der Waals surface area (Å²) < 4.78 is 27.1. The molecule has 0 spiro atoms. The predicted octanol–water partition coefficient (Wildman–Crippen LogP) is 2.80. The van der Waals surface area contributed by atoms with Crippen molar-refractivity contribution >= 4 is 21.7 Å². The molecule has 2 aromatic rings. The number of benzene rings is 2. The van der Waals surface area contributed by atoms with Crippen LogP contribution in [0.5, 0.6) is 0 Å². The quantitative estimate of drug-likeness (QED) is 0.909. The first-order valence-electron chi connectivity index (χ1n) is 6.23. The largest absolute Gasteiger partial charge is 0.478 e. The molecule has 0 amide bonds. The lowest BCUT2D eigenvalue weighted by atomic mass is 10.1. The second kappa shape index (κ2) is 5.57. The summed E-state index contributed by atoms with van der Waals surface area (Å²) >= 11 is 0. The lowest BCUT2D eigenvalue weighted by Gasteiger charge is -2.11. The minimum Gasteiger partial charge on any atom is -0.478 e. The molecule has 2 N–H and O–H groups in total. The summed E-state index contributed by atoms with van der Waals surface area (Å²) in [6.07, 6.45) is 0. The maximum atomic E-state index is 12.3. The minimum absolute atomic E-state index is 0.0694. The number of sulfonamides is 1. The zero-order valence-corrected chi connectivity index (χ0v) is 12.4. The molecule has 0 aromatic heterocycles. The molecular formula is C15H15NO4S. The van der Waals surface area contributed by atoms with Crippen molar-refractivity contribution in [3.05, 3.63) is 59.2 Å². The second-order valence-electron chi connectivity index (χ2n) is 4.71. The van der Waals surface area contributed by atoms with Crippen LogP contribution in [0.2, 0.25) is 0 Å². The van der Waals surface area contributed by atoms with Crippen molar-refractivity contribution < 1.29 is 18.3 Å². The number of carboxylic acids is 1. The highest BCUT2D eigenvalue weighted by Gasteiger charge is 2.17. The van der Waals surface area contributed by atoms with Crippen LogP contribution in [0.3, 0.4) is 0 Å². The Morgan fingerprint density at radius 1 is 1.05 bits per heavy atom. The van der Waals surface area contributed by atoms with Crippen LogP contribution < -0.4 is 4.72 Å². The number of rotatable bonds is 4. The summed E-state index contributed by atoms with van der Waals surface area (Å²) in [5.74, 6) is -1.09. The van der Waals surface area contributed by atoms with Gasteiger partial charge < -0.3 is 5.11 Å². The van der Waals surface area contributed by atoms with Crippen molar-refractivity contribution in [2.24, 2.45) is 0 Å². The number of anilines is 1. The molecule has 0 atom stereocenters. The lowest BCUT2D eigenvalue weighted by molar-refractivity contribution is 0.0696. The smallest absolute Gasteiger partial charge is 0.336 e. The summed E-state index contributed by atoms with van der Waals surface area (Å²) in [5, 5.41) is 9.07. The standard InChI is InChI=1S/C15H15NO4S/c1-10-7-8-12(9-13(10)15(17)18)16-21(19,20)14-6-4-3-5-11(14)2/h3-9,16H,1-2H3,(H,17,18). The fraction of sp³-hybridized carbons (Fsp3) is 0.133. The van der Waals surface area contributed by atoms with E-state index in [4.69, 9.17) is 5.11 Å². The van der Waals surface area contributed by atoms with Crippen LogP contribution >= 0.6 is 0 Å². The molecule has 110 valence electrons. The van der Waals surface area contributed by atoms with E-state index in [0.29, 0.717) is 11.1 Å². The van der Waals surface area contributed by atoms with Gasteiger partial charge in [0.1, 0.15) is 0 Å². The normalized spacial score (nSPS) is 11.1. The zero-order chi connectivity index (χ0) is 15.6. The van der Waals surface area contributed by atoms with E-state index in [0.717, 1.165) is 0 Å². The summed E-state index contributed by atoms with van der Waals surface area (Å²) in [4.78, 5) is 11.3. The molecule has 0 aliphatic rings. The fourth-order valence-electron chi connectivity index (χ4n) is 1.98. The van der Waals surface area contributed by atoms with Crippen LogP contribution in [0.25, 0.3) is 0 Å². The van der Waals surface area contributed by atoms with Gasteiger partial charge in [0, 0.05) is 5.69 Å². The molecule has 5 nitrogen and oxygen atoms in total. The SMILES string of the molecule is Cc1ccc(NS(=O)(=O)c2ccccc2C)cc1C(=O)O. The molecule has 0 radical (unpaired) electrons. The van der Waals surface area contributed by atoms with Crippen LogP contribution in [-0.2, 0) is 10.0 Å². The van der Waals surface area contributed by atoms with Gasteiger partial charge in [0.2, 0.25) is 0 Å². The van der Waals surface area contributed by atoms with Gasteiger partial charge in [-0.3, -0.25) is 4.72 Å². The molecule has 0 fully saturated rings. The highest BCUT2D eigenvalue weighted by atomic mass is 32.2. The fourth-order valence-corrected chi connectivity index (χ4v) is 3.28. The summed E-state index contributed by atoms with van der Waals surface area (Å²) in [7, 11) is -3.74. The first kappa shape index (κ1) is 15.1. The maximum absolute atomic E-state index is 12.3. The van der Waals surface area contributed by atoms with E-state index in [1.165, 1.54) is 18.2 Å². The molecule has 0 saturated carbocycles. The average Bonchev–Trinajstić information content (AvgIpc) is 2.40. The molecular weight excluding hydrogens is 290 g/mol. The zero-order valence-electron chi connectivity index (χ0n) is 11.6. The molecule has 6 heteroatoms. The van der Waals surface area contributed by atoms with Gasteiger partial charge in [-0.05, 0) is 43.2 Å². The van der Waals surface area contributed by atoms with Gasteiger partial charge >= 0.3 is 5.97 Å². The number of carbonyl (C=O) groups is 1. The maximum Gasteiger partial charge on any atom is 0.336 e. The summed E-state index contributed by atoms with van der Waals surface area (Å²) in [5.41, 5.74) is 1.48. The Hall–Kier alpha value is -2.34. The number of hydrogen-bond donors (Lipinski definition) is 2.